The number of hydrogen-bond acceptors (Lipinski definition) is 5. The van der Waals surface area contributed by atoms with Crippen molar-refractivity contribution in [3.05, 3.63) is 59.8 Å². The van der Waals surface area contributed by atoms with Gasteiger partial charge >= 0.3 is 0 Å². The number of sulfonamides is 1. The average molecular weight is 425 g/mol. The topological polar surface area (TPSA) is 66.4 Å². The fourth-order valence-corrected chi connectivity index (χ4v) is 5.30. The summed E-state index contributed by atoms with van der Waals surface area (Å²) in [4.78, 5) is 11.9. The maximum atomic E-state index is 13.1. The molecular formula is C23H28N4O2S. The van der Waals surface area contributed by atoms with Crippen molar-refractivity contribution in [1.82, 2.24) is 14.3 Å². The summed E-state index contributed by atoms with van der Waals surface area (Å²) in [6.45, 7) is 6.19. The van der Waals surface area contributed by atoms with Crippen LogP contribution in [0.25, 0.3) is 11.0 Å². The number of para-hydroxylation sites is 2. The summed E-state index contributed by atoms with van der Waals surface area (Å²) >= 11 is 0. The predicted octanol–water partition coefficient (Wildman–Crippen LogP) is 3.79. The molecule has 0 aliphatic carbocycles. The van der Waals surface area contributed by atoms with E-state index < -0.39 is 10.0 Å². The van der Waals surface area contributed by atoms with E-state index in [-0.39, 0.29) is 0 Å². The third-order valence-electron chi connectivity index (χ3n) is 5.64. The van der Waals surface area contributed by atoms with Crippen LogP contribution < -0.4 is 4.90 Å². The second-order valence-corrected chi connectivity index (χ2v) is 9.70. The molecule has 0 unspecified atom stereocenters. The zero-order valence-electron chi connectivity index (χ0n) is 17.6. The molecule has 4 rings (SSSR count). The Morgan fingerprint density at radius 1 is 0.900 bits per heavy atom. The van der Waals surface area contributed by atoms with Gasteiger partial charge < -0.3 is 4.90 Å². The van der Waals surface area contributed by atoms with Crippen molar-refractivity contribution in [2.24, 2.45) is 0 Å². The van der Waals surface area contributed by atoms with Gasteiger partial charge in [-0.25, -0.2) is 18.4 Å². The number of anilines is 1. The van der Waals surface area contributed by atoms with Gasteiger partial charge in [-0.1, -0.05) is 37.6 Å². The van der Waals surface area contributed by atoms with Gasteiger partial charge in [0.05, 0.1) is 21.6 Å². The number of aromatic nitrogens is 2. The molecule has 30 heavy (non-hydrogen) atoms. The Labute approximate surface area is 178 Å². The van der Waals surface area contributed by atoms with E-state index >= 15 is 0 Å². The van der Waals surface area contributed by atoms with Gasteiger partial charge in [0, 0.05) is 26.2 Å². The molecule has 1 fully saturated rings. The summed E-state index contributed by atoms with van der Waals surface area (Å²) in [6.07, 6.45) is 3.23. The summed E-state index contributed by atoms with van der Waals surface area (Å²) in [5, 5.41) is 0. The molecule has 1 aliphatic heterocycles. The van der Waals surface area contributed by atoms with Crippen LogP contribution >= 0.6 is 0 Å². The minimum atomic E-state index is -3.48. The lowest BCUT2D eigenvalue weighted by molar-refractivity contribution is 0.383. The van der Waals surface area contributed by atoms with Gasteiger partial charge in [-0.2, -0.15) is 4.31 Å². The molecule has 0 saturated carbocycles. The minimum Gasteiger partial charge on any atom is -0.352 e. The predicted molar refractivity (Wildman–Crippen MR) is 120 cm³/mol. The first-order valence-electron chi connectivity index (χ1n) is 10.6. The standard InChI is InChI=1S/C23H28N4O2S/c1-3-4-7-19-10-12-20(13-11-19)30(28,29)27-16-14-26(15-17-27)23-18(2)24-21-8-5-6-9-22(21)25-23/h5-6,8-13H,3-4,7,14-17H2,1-2H3. The lowest BCUT2D eigenvalue weighted by atomic mass is 10.1. The van der Waals surface area contributed by atoms with Crippen molar-refractivity contribution < 1.29 is 8.42 Å². The van der Waals surface area contributed by atoms with Crippen LogP contribution in [-0.4, -0.2) is 48.9 Å². The van der Waals surface area contributed by atoms with Crippen molar-refractivity contribution >= 4 is 26.9 Å². The van der Waals surface area contributed by atoms with E-state index in [4.69, 9.17) is 4.98 Å². The van der Waals surface area contributed by atoms with E-state index in [1.165, 1.54) is 5.56 Å². The van der Waals surface area contributed by atoms with Crippen LogP contribution in [0.15, 0.2) is 53.4 Å². The molecule has 0 N–H and O–H groups in total. The van der Waals surface area contributed by atoms with Crippen LogP contribution in [-0.2, 0) is 16.4 Å². The molecule has 0 atom stereocenters. The molecule has 2 aromatic carbocycles. The third kappa shape index (κ3) is 4.18. The third-order valence-corrected chi connectivity index (χ3v) is 7.55. The number of aryl methyl sites for hydroxylation is 2. The van der Waals surface area contributed by atoms with E-state index in [9.17, 15) is 8.42 Å². The number of benzene rings is 2. The lowest BCUT2D eigenvalue weighted by Gasteiger charge is -2.35. The van der Waals surface area contributed by atoms with Crippen molar-refractivity contribution in [1.29, 1.82) is 0 Å². The highest BCUT2D eigenvalue weighted by molar-refractivity contribution is 7.89. The smallest absolute Gasteiger partial charge is 0.243 e. The Kier molecular flexibility index (Phi) is 6.01. The van der Waals surface area contributed by atoms with Gasteiger partial charge in [0.2, 0.25) is 10.0 Å². The second kappa shape index (κ2) is 8.70. The largest absolute Gasteiger partial charge is 0.352 e. The van der Waals surface area contributed by atoms with Crippen molar-refractivity contribution in [2.75, 3.05) is 31.1 Å². The molecule has 0 amide bonds. The highest BCUT2D eigenvalue weighted by Crippen LogP contribution is 2.24. The Morgan fingerprint density at radius 2 is 1.53 bits per heavy atom. The molecule has 6 nitrogen and oxygen atoms in total. The van der Waals surface area contributed by atoms with Gasteiger partial charge in [-0.3, -0.25) is 0 Å². The summed E-state index contributed by atoms with van der Waals surface area (Å²) in [6, 6.07) is 15.2. The normalized spacial score (nSPS) is 15.6. The van der Waals surface area contributed by atoms with Gasteiger partial charge in [0.25, 0.3) is 0 Å². The number of piperazine rings is 1. The SMILES string of the molecule is CCCCc1ccc(S(=O)(=O)N2CCN(c3nc4ccccc4nc3C)CC2)cc1. The molecule has 1 saturated heterocycles. The van der Waals surface area contributed by atoms with Crippen molar-refractivity contribution in [3.8, 4) is 0 Å². The molecule has 2 heterocycles. The Hall–Kier alpha value is -2.51. The van der Waals surface area contributed by atoms with E-state index in [0.29, 0.717) is 31.1 Å². The first-order valence-corrected chi connectivity index (χ1v) is 12.0. The number of hydrogen-bond donors (Lipinski definition) is 0. The zero-order chi connectivity index (χ0) is 21.1. The van der Waals surface area contributed by atoms with Crippen LogP contribution in [0.4, 0.5) is 5.82 Å². The number of unbranched alkanes of at least 4 members (excludes halogenated alkanes) is 1. The van der Waals surface area contributed by atoms with E-state index in [1.54, 1.807) is 16.4 Å². The molecule has 0 radical (unpaired) electrons. The van der Waals surface area contributed by atoms with Gasteiger partial charge in [-0.05, 0) is 49.6 Å². The van der Waals surface area contributed by atoms with Crippen molar-refractivity contribution in [2.45, 2.75) is 38.0 Å². The summed E-state index contributed by atoms with van der Waals surface area (Å²) in [5.41, 5.74) is 3.79. The van der Waals surface area contributed by atoms with E-state index in [1.807, 2.05) is 43.3 Å². The summed E-state index contributed by atoms with van der Waals surface area (Å²) in [7, 11) is -3.48. The first kappa shape index (κ1) is 20.8. The molecule has 1 aromatic heterocycles. The summed E-state index contributed by atoms with van der Waals surface area (Å²) in [5.74, 6) is 0.839. The Morgan fingerprint density at radius 3 is 2.17 bits per heavy atom. The zero-order valence-corrected chi connectivity index (χ0v) is 18.4. The van der Waals surface area contributed by atoms with E-state index in [2.05, 4.69) is 16.8 Å². The number of rotatable bonds is 6. The van der Waals surface area contributed by atoms with Crippen LogP contribution in [0, 0.1) is 6.92 Å². The molecule has 158 valence electrons. The van der Waals surface area contributed by atoms with Gasteiger partial charge in [0.1, 0.15) is 0 Å². The molecule has 1 aliphatic rings. The average Bonchev–Trinajstić information content (AvgIpc) is 2.77. The van der Waals surface area contributed by atoms with Crippen LogP contribution in [0.5, 0.6) is 0 Å². The fraction of sp³-hybridized carbons (Fsp3) is 0.391. The molecule has 0 bridgehead atoms. The van der Waals surface area contributed by atoms with Gasteiger partial charge in [0.15, 0.2) is 5.82 Å². The van der Waals surface area contributed by atoms with E-state index in [0.717, 1.165) is 41.8 Å². The second-order valence-electron chi connectivity index (χ2n) is 7.76. The highest BCUT2D eigenvalue weighted by atomic mass is 32.2. The number of nitrogens with zero attached hydrogens (tertiary/aromatic N) is 4. The quantitative estimate of drug-likeness (QED) is 0.602. The molecule has 7 heteroatoms. The van der Waals surface area contributed by atoms with Crippen LogP contribution in [0.3, 0.4) is 0 Å². The molecule has 0 spiro atoms. The fourth-order valence-electron chi connectivity index (χ4n) is 3.88. The van der Waals surface area contributed by atoms with Crippen LogP contribution in [0.1, 0.15) is 31.0 Å². The first-order chi connectivity index (χ1) is 14.5. The maximum Gasteiger partial charge on any atom is 0.243 e. The molecular weight excluding hydrogens is 396 g/mol. The highest BCUT2D eigenvalue weighted by Gasteiger charge is 2.29. The van der Waals surface area contributed by atoms with Crippen LogP contribution in [0.2, 0.25) is 0 Å². The Bertz CT molecular complexity index is 1120. The lowest BCUT2D eigenvalue weighted by Crippen LogP contribution is -2.49. The Balaban J connectivity index is 1.47. The maximum absolute atomic E-state index is 13.1. The minimum absolute atomic E-state index is 0.373. The van der Waals surface area contributed by atoms with Crippen molar-refractivity contribution in [3.63, 3.8) is 0 Å². The summed E-state index contributed by atoms with van der Waals surface area (Å²) < 4.78 is 27.7. The molecule has 3 aromatic rings. The van der Waals surface area contributed by atoms with Gasteiger partial charge in [-0.15, -0.1) is 0 Å². The monoisotopic (exact) mass is 424 g/mol. The number of fused-ring (bicyclic) bond motifs is 1.